The van der Waals surface area contributed by atoms with Crippen LogP contribution in [0.3, 0.4) is 0 Å². The van der Waals surface area contributed by atoms with Crippen LogP contribution in [0, 0.1) is 0 Å². The van der Waals surface area contributed by atoms with E-state index in [0.29, 0.717) is 0 Å². The van der Waals surface area contributed by atoms with Crippen molar-refractivity contribution in [3.05, 3.63) is 237 Å². The van der Waals surface area contributed by atoms with E-state index in [1.165, 1.54) is 86.6 Å². The first kappa shape index (κ1) is 35.6. The topological polar surface area (TPSA) is 3.24 Å². The summed E-state index contributed by atoms with van der Waals surface area (Å²) in [4.78, 5) is 2.39. The Morgan fingerprint density at radius 2 is 0.683 bits per heavy atom. The van der Waals surface area contributed by atoms with Gasteiger partial charge >= 0.3 is 0 Å². The van der Waals surface area contributed by atoms with Gasteiger partial charge in [0.15, 0.2) is 0 Å². The monoisotopic (exact) mass is 781 g/mol. The van der Waals surface area contributed by atoms with E-state index in [1.807, 2.05) is 11.3 Å². The molecular formula is C58H39NS. The highest BCUT2D eigenvalue weighted by Gasteiger charge is 2.17. The molecule has 1 nitrogen and oxygen atoms in total. The fourth-order valence-corrected chi connectivity index (χ4v) is 9.83. The Labute approximate surface area is 354 Å². The fraction of sp³-hybridized carbons (Fsp3) is 0. The van der Waals surface area contributed by atoms with E-state index in [-0.39, 0.29) is 0 Å². The van der Waals surface area contributed by atoms with Crippen molar-refractivity contribution in [3.63, 3.8) is 0 Å². The van der Waals surface area contributed by atoms with Crippen molar-refractivity contribution in [2.45, 2.75) is 0 Å². The molecule has 2 heteroatoms. The number of fused-ring (bicyclic) bond motifs is 4. The molecule has 282 valence electrons. The zero-order chi connectivity index (χ0) is 39.8. The van der Waals surface area contributed by atoms with Crippen molar-refractivity contribution >= 4 is 59.3 Å². The molecule has 0 saturated heterocycles. The van der Waals surface area contributed by atoms with Gasteiger partial charge in [-0.3, -0.25) is 0 Å². The third kappa shape index (κ3) is 6.63. The van der Waals surface area contributed by atoms with Gasteiger partial charge in [-0.2, -0.15) is 0 Å². The molecule has 0 aliphatic carbocycles. The zero-order valence-corrected chi connectivity index (χ0v) is 33.7. The van der Waals surface area contributed by atoms with Crippen LogP contribution in [0.1, 0.15) is 0 Å². The van der Waals surface area contributed by atoms with Gasteiger partial charge in [-0.15, -0.1) is 11.3 Å². The molecule has 0 bridgehead atoms. The first-order chi connectivity index (χ1) is 29.7. The summed E-state index contributed by atoms with van der Waals surface area (Å²) in [7, 11) is 0. The van der Waals surface area contributed by atoms with Crippen LogP contribution in [0.25, 0.3) is 86.6 Å². The number of hydrogen-bond donors (Lipinski definition) is 0. The summed E-state index contributed by atoms with van der Waals surface area (Å²) in [6.07, 6.45) is 0. The maximum atomic E-state index is 2.39. The van der Waals surface area contributed by atoms with Crippen LogP contribution in [-0.4, -0.2) is 0 Å². The predicted octanol–water partition coefficient (Wildman–Crippen LogP) is 17.0. The van der Waals surface area contributed by atoms with Crippen LogP contribution in [0.4, 0.5) is 17.1 Å². The molecule has 60 heavy (non-hydrogen) atoms. The van der Waals surface area contributed by atoms with Gasteiger partial charge in [0.25, 0.3) is 0 Å². The number of rotatable bonds is 8. The van der Waals surface area contributed by atoms with Gasteiger partial charge in [-0.05, 0) is 121 Å². The van der Waals surface area contributed by atoms with E-state index in [2.05, 4.69) is 241 Å². The highest BCUT2D eigenvalue weighted by Crippen LogP contribution is 2.43. The van der Waals surface area contributed by atoms with E-state index < -0.39 is 0 Å². The lowest BCUT2D eigenvalue weighted by Gasteiger charge is -2.26. The minimum Gasteiger partial charge on any atom is -0.310 e. The van der Waals surface area contributed by atoms with E-state index in [1.54, 1.807) is 0 Å². The predicted molar refractivity (Wildman–Crippen MR) is 259 cm³/mol. The van der Waals surface area contributed by atoms with Crippen LogP contribution >= 0.6 is 11.3 Å². The van der Waals surface area contributed by atoms with Crippen molar-refractivity contribution in [1.29, 1.82) is 0 Å². The highest BCUT2D eigenvalue weighted by atomic mass is 32.1. The lowest BCUT2D eigenvalue weighted by molar-refractivity contribution is 1.29. The number of benzene rings is 10. The highest BCUT2D eigenvalue weighted by molar-refractivity contribution is 7.25. The number of nitrogens with zero attached hydrogens (tertiary/aromatic N) is 1. The van der Waals surface area contributed by atoms with Crippen LogP contribution in [0.5, 0.6) is 0 Å². The molecule has 11 aromatic rings. The Morgan fingerprint density at radius 3 is 1.30 bits per heavy atom. The van der Waals surface area contributed by atoms with E-state index >= 15 is 0 Å². The molecule has 0 unspecified atom stereocenters. The van der Waals surface area contributed by atoms with Gasteiger partial charge < -0.3 is 4.90 Å². The quantitative estimate of drug-likeness (QED) is 0.148. The maximum absolute atomic E-state index is 2.39. The standard InChI is InChI=1S/C58H39NS/c1-3-13-40(14-4-1)45-25-23-42-24-26-46(38-47(42)37-45)41-27-31-48(32-28-41)59(50-35-36-56-55-21-11-12-22-57(55)60-58(56)39-50)49-33-29-44(30-34-49)52-18-8-10-20-54(52)53-19-9-7-17-51(53)43-15-5-2-6-16-43/h1-39H. The lowest BCUT2D eigenvalue weighted by atomic mass is 9.89. The van der Waals surface area contributed by atoms with Gasteiger partial charge in [0.2, 0.25) is 0 Å². The Balaban J connectivity index is 0.981. The second-order valence-electron chi connectivity index (χ2n) is 15.3. The number of anilines is 3. The Bertz CT molecular complexity index is 3290. The summed E-state index contributed by atoms with van der Waals surface area (Å²) < 4.78 is 2.59. The van der Waals surface area contributed by atoms with Crippen molar-refractivity contribution in [2.24, 2.45) is 0 Å². The van der Waals surface area contributed by atoms with Crippen molar-refractivity contribution in [1.82, 2.24) is 0 Å². The first-order valence-electron chi connectivity index (χ1n) is 20.5. The molecule has 0 saturated carbocycles. The second-order valence-corrected chi connectivity index (χ2v) is 16.4. The molecule has 0 aliphatic heterocycles. The van der Waals surface area contributed by atoms with Crippen molar-refractivity contribution in [2.75, 3.05) is 4.90 Å². The zero-order valence-electron chi connectivity index (χ0n) is 32.9. The average Bonchev–Trinajstić information content (AvgIpc) is 3.70. The minimum absolute atomic E-state index is 1.10. The molecule has 0 amide bonds. The number of hydrogen-bond acceptors (Lipinski definition) is 2. The van der Waals surface area contributed by atoms with Gasteiger partial charge in [0.05, 0.1) is 0 Å². The minimum atomic E-state index is 1.10. The maximum Gasteiger partial charge on any atom is 0.0476 e. The molecule has 0 atom stereocenters. The van der Waals surface area contributed by atoms with E-state index in [0.717, 1.165) is 17.1 Å². The van der Waals surface area contributed by atoms with E-state index in [9.17, 15) is 0 Å². The second kappa shape index (κ2) is 15.3. The summed E-state index contributed by atoms with van der Waals surface area (Å²) >= 11 is 1.86. The molecule has 11 rings (SSSR count). The first-order valence-corrected chi connectivity index (χ1v) is 21.3. The molecule has 0 spiro atoms. The summed E-state index contributed by atoms with van der Waals surface area (Å²) in [5.41, 5.74) is 15.5. The molecule has 10 aromatic carbocycles. The SMILES string of the molecule is c1ccc(-c2ccc3ccc(-c4ccc(N(c5ccc(-c6ccccc6-c6ccccc6-c6ccccc6)cc5)c5ccc6c(c5)sc5ccccc56)cc4)cc3c2)cc1. The average molecular weight is 782 g/mol. The van der Waals surface area contributed by atoms with Crippen LogP contribution < -0.4 is 4.90 Å². The third-order valence-corrected chi connectivity index (χ3v) is 12.8. The van der Waals surface area contributed by atoms with Gasteiger partial charge in [-0.1, -0.05) is 182 Å². The Kier molecular flexibility index (Phi) is 9.11. The molecule has 1 aromatic heterocycles. The smallest absolute Gasteiger partial charge is 0.0476 e. The van der Waals surface area contributed by atoms with Crippen molar-refractivity contribution in [3.8, 4) is 55.6 Å². The summed E-state index contributed by atoms with van der Waals surface area (Å²) in [5.74, 6) is 0. The summed E-state index contributed by atoms with van der Waals surface area (Å²) in [6, 6.07) is 86.1. The number of thiophene rings is 1. The summed E-state index contributed by atoms with van der Waals surface area (Å²) in [6.45, 7) is 0. The fourth-order valence-electron chi connectivity index (χ4n) is 8.69. The molecule has 0 N–H and O–H groups in total. The summed E-state index contributed by atoms with van der Waals surface area (Å²) in [5, 5.41) is 5.08. The Morgan fingerprint density at radius 1 is 0.250 bits per heavy atom. The molecule has 1 heterocycles. The molecule has 0 aliphatic rings. The van der Waals surface area contributed by atoms with Gasteiger partial charge in [-0.25, -0.2) is 0 Å². The van der Waals surface area contributed by atoms with Crippen molar-refractivity contribution < 1.29 is 0 Å². The molecule has 0 radical (unpaired) electrons. The van der Waals surface area contributed by atoms with Crippen LogP contribution in [0.15, 0.2) is 237 Å². The molecular weight excluding hydrogens is 743 g/mol. The van der Waals surface area contributed by atoms with Gasteiger partial charge in [0, 0.05) is 37.2 Å². The third-order valence-electron chi connectivity index (χ3n) is 11.7. The Hall–Kier alpha value is -7.52. The normalized spacial score (nSPS) is 11.3. The van der Waals surface area contributed by atoms with E-state index in [4.69, 9.17) is 0 Å². The largest absolute Gasteiger partial charge is 0.310 e. The van der Waals surface area contributed by atoms with Gasteiger partial charge in [0.1, 0.15) is 0 Å². The lowest BCUT2D eigenvalue weighted by Crippen LogP contribution is -2.09. The molecule has 0 fully saturated rings. The van der Waals surface area contributed by atoms with Crippen LogP contribution in [0.2, 0.25) is 0 Å². The van der Waals surface area contributed by atoms with Crippen LogP contribution in [-0.2, 0) is 0 Å².